The van der Waals surface area contributed by atoms with Gasteiger partial charge in [0.1, 0.15) is 6.04 Å². The lowest BCUT2D eigenvalue weighted by Gasteiger charge is -2.40. The van der Waals surface area contributed by atoms with Crippen LogP contribution in [0.2, 0.25) is 0 Å². The molecule has 0 aromatic heterocycles. The van der Waals surface area contributed by atoms with E-state index in [1.165, 1.54) is 0 Å². The highest BCUT2D eigenvalue weighted by atomic mass is 16.5. The van der Waals surface area contributed by atoms with Gasteiger partial charge >= 0.3 is 5.97 Å². The lowest BCUT2D eigenvalue weighted by molar-refractivity contribution is -0.153. The molecular weight excluding hydrogens is 296 g/mol. The fourth-order valence-corrected chi connectivity index (χ4v) is 4.22. The summed E-state index contributed by atoms with van der Waals surface area (Å²) in [6.45, 7) is 12.0. The molecule has 2 N–H and O–H groups in total. The quantitative estimate of drug-likeness (QED) is 0.805. The number of aliphatic carboxylic acids is 1. The molecule has 4 atom stereocenters. The van der Waals surface area contributed by atoms with Crippen LogP contribution in [0.5, 0.6) is 0 Å². The van der Waals surface area contributed by atoms with Crippen LogP contribution in [0.1, 0.15) is 34.6 Å². The zero-order valence-electron chi connectivity index (χ0n) is 14.6. The van der Waals surface area contributed by atoms with Gasteiger partial charge in [-0.05, 0) is 16.7 Å². The summed E-state index contributed by atoms with van der Waals surface area (Å²) in [6.07, 6.45) is 0. The number of fused-ring (bicyclic) bond motifs is 1. The van der Waals surface area contributed by atoms with E-state index in [1.54, 1.807) is 4.90 Å². The van der Waals surface area contributed by atoms with Gasteiger partial charge in [-0.25, -0.2) is 4.79 Å². The maximum atomic E-state index is 13.1. The SMILES string of the molecule is CC(C)(C)C(NC1COC1)C(=O)N1C[C@H]2[C@@H]([C@H]1C(=O)O)C2(C)C. The predicted molar refractivity (Wildman–Crippen MR) is 84.9 cm³/mol. The molecule has 3 fully saturated rings. The van der Waals surface area contributed by atoms with Gasteiger partial charge in [0.2, 0.25) is 5.91 Å². The monoisotopic (exact) mass is 324 g/mol. The second kappa shape index (κ2) is 5.18. The topological polar surface area (TPSA) is 78.9 Å². The summed E-state index contributed by atoms with van der Waals surface area (Å²) in [4.78, 5) is 26.5. The first-order valence-electron chi connectivity index (χ1n) is 8.42. The number of nitrogens with one attached hydrogen (secondary N) is 1. The number of nitrogens with zero attached hydrogens (tertiary/aromatic N) is 1. The largest absolute Gasteiger partial charge is 0.480 e. The van der Waals surface area contributed by atoms with Crippen molar-refractivity contribution in [3.05, 3.63) is 0 Å². The Hall–Kier alpha value is -1.14. The number of amides is 1. The summed E-state index contributed by atoms with van der Waals surface area (Å²) in [7, 11) is 0. The molecule has 6 nitrogen and oxygen atoms in total. The molecule has 2 saturated heterocycles. The second-order valence-electron chi connectivity index (χ2n) is 8.93. The maximum absolute atomic E-state index is 13.1. The van der Waals surface area contributed by atoms with Crippen molar-refractivity contribution in [2.75, 3.05) is 19.8 Å². The van der Waals surface area contributed by atoms with Crippen LogP contribution in [0.15, 0.2) is 0 Å². The Kier molecular flexibility index (Phi) is 3.76. The third kappa shape index (κ3) is 2.66. The van der Waals surface area contributed by atoms with E-state index < -0.39 is 12.0 Å². The average molecular weight is 324 g/mol. The van der Waals surface area contributed by atoms with Gasteiger partial charge in [0, 0.05) is 12.5 Å². The molecule has 130 valence electrons. The lowest BCUT2D eigenvalue weighted by Crippen LogP contribution is -2.62. The van der Waals surface area contributed by atoms with Crippen molar-refractivity contribution >= 4 is 11.9 Å². The third-order valence-electron chi connectivity index (χ3n) is 5.90. The van der Waals surface area contributed by atoms with Crippen LogP contribution in [0.3, 0.4) is 0 Å². The zero-order valence-corrected chi connectivity index (χ0v) is 14.6. The number of hydrogen-bond donors (Lipinski definition) is 2. The molecule has 23 heavy (non-hydrogen) atoms. The predicted octanol–water partition coefficient (Wildman–Crippen LogP) is 0.957. The number of ether oxygens (including phenoxy) is 1. The maximum Gasteiger partial charge on any atom is 0.326 e. The van der Waals surface area contributed by atoms with E-state index in [4.69, 9.17) is 4.74 Å². The lowest BCUT2D eigenvalue weighted by atomic mass is 9.84. The normalized spacial score (nSPS) is 33.8. The molecule has 1 unspecified atom stereocenters. The number of likely N-dealkylation sites (tertiary alicyclic amines) is 1. The minimum absolute atomic E-state index is 0.0340. The molecule has 0 aromatic rings. The van der Waals surface area contributed by atoms with Crippen LogP contribution in [-0.2, 0) is 14.3 Å². The Morgan fingerprint density at radius 3 is 2.35 bits per heavy atom. The van der Waals surface area contributed by atoms with Crippen molar-refractivity contribution in [2.45, 2.75) is 52.7 Å². The van der Waals surface area contributed by atoms with Crippen LogP contribution in [0.4, 0.5) is 0 Å². The number of carboxylic acid groups (broad SMARTS) is 1. The fourth-order valence-electron chi connectivity index (χ4n) is 4.22. The Morgan fingerprint density at radius 1 is 1.30 bits per heavy atom. The molecule has 1 aliphatic carbocycles. The van der Waals surface area contributed by atoms with Gasteiger partial charge in [0.05, 0.1) is 25.3 Å². The molecule has 2 aliphatic heterocycles. The van der Waals surface area contributed by atoms with Crippen molar-refractivity contribution in [3.63, 3.8) is 0 Å². The Balaban J connectivity index is 1.78. The molecule has 0 radical (unpaired) electrons. The third-order valence-corrected chi connectivity index (χ3v) is 5.90. The standard InChI is InChI=1S/C17H28N2O4/c1-16(2,3)13(18-9-7-23-8-9)14(20)19-6-10-11(17(10,4)5)12(19)15(21)22/h9-13,18H,6-8H2,1-5H3,(H,21,22)/t10-,11-,12-,13?/m0/s1. The van der Waals surface area contributed by atoms with E-state index in [0.717, 1.165) is 0 Å². The molecule has 3 aliphatic rings. The van der Waals surface area contributed by atoms with Gasteiger partial charge in [-0.15, -0.1) is 0 Å². The van der Waals surface area contributed by atoms with Crippen molar-refractivity contribution in [2.24, 2.45) is 22.7 Å². The molecule has 0 aromatic carbocycles. The minimum atomic E-state index is -0.879. The van der Waals surface area contributed by atoms with E-state index >= 15 is 0 Å². The summed E-state index contributed by atoms with van der Waals surface area (Å²) in [6, 6.07) is -0.898. The molecule has 3 rings (SSSR count). The number of hydrogen-bond acceptors (Lipinski definition) is 4. The van der Waals surface area contributed by atoms with E-state index in [-0.39, 0.29) is 34.7 Å². The number of carbonyl (C=O) groups excluding carboxylic acids is 1. The Morgan fingerprint density at radius 2 is 1.91 bits per heavy atom. The molecule has 1 saturated carbocycles. The van der Waals surface area contributed by atoms with E-state index in [0.29, 0.717) is 25.7 Å². The first-order valence-corrected chi connectivity index (χ1v) is 8.42. The second-order valence-corrected chi connectivity index (χ2v) is 8.93. The van der Waals surface area contributed by atoms with E-state index in [1.807, 2.05) is 20.8 Å². The van der Waals surface area contributed by atoms with Crippen molar-refractivity contribution in [1.29, 1.82) is 0 Å². The highest BCUT2D eigenvalue weighted by molar-refractivity contribution is 5.89. The number of rotatable bonds is 4. The summed E-state index contributed by atoms with van der Waals surface area (Å²) in [5.41, 5.74) is -0.246. The van der Waals surface area contributed by atoms with Gasteiger partial charge in [0.25, 0.3) is 0 Å². The number of piperidine rings is 1. The molecule has 6 heteroatoms. The van der Waals surface area contributed by atoms with Crippen molar-refractivity contribution < 1.29 is 19.4 Å². The number of carbonyl (C=O) groups is 2. The fraction of sp³-hybridized carbons (Fsp3) is 0.882. The first kappa shape index (κ1) is 16.7. The van der Waals surface area contributed by atoms with Gasteiger partial charge in [-0.3, -0.25) is 10.1 Å². The van der Waals surface area contributed by atoms with Crippen LogP contribution < -0.4 is 5.32 Å². The molecule has 0 spiro atoms. The Labute approximate surface area is 137 Å². The van der Waals surface area contributed by atoms with Crippen LogP contribution in [-0.4, -0.2) is 59.8 Å². The van der Waals surface area contributed by atoms with Crippen LogP contribution >= 0.6 is 0 Å². The van der Waals surface area contributed by atoms with Crippen LogP contribution in [0, 0.1) is 22.7 Å². The van der Waals surface area contributed by atoms with Gasteiger partial charge in [0.15, 0.2) is 0 Å². The summed E-state index contributed by atoms with van der Waals surface area (Å²) >= 11 is 0. The van der Waals surface area contributed by atoms with E-state index in [2.05, 4.69) is 19.2 Å². The van der Waals surface area contributed by atoms with Gasteiger partial charge < -0.3 is 14.7 Å². The number of carboxylic acids is 1. The van der Waals surface area contributed by atoms with Gasteiger partial charge in [-0.1, -0.05) is 34.6 Å². The summed E-state index contributed by atoms with van der Waals surface area (Å²) in [5.74, 6) is -0.576. The summed E-state index contributed by atoms with van der Waals surface area (Å²) < 4.78 is 5.18. The van der Waals surface area contributed by atoms with Gasteiger partial charge in [-0.2, -0.15) is 0 Å². The molecule has 0 bridgehead atoms. The zero-order chi connectivity index (χ0) is 17.2. The molecule has 2 heterocycles. The van der Waals surface area contributed by atoms with Crippen molar-refractivity contribution in [3.8, 4) is 0 Å². The van der Waals surface area contributed by atoms with E-state index in [9.17, 15) is 14.7 Å². The smallest absolute Gasteiger partial charge is 0.326 e. The Bertz CT molecular complexity index is 521. The highest BCUT2D eigenvalue weighted by Gasteiger charge is 2.70. The minimum Gasteiger partial charge on any atom is -0.480 e. The van der Waals surface area contributed by atoms with Crippen molar-refractivity contribution in [1.82, 2.24) is 10.2 Å². The average Bonchev–Trinajstić information content (AvgIpc) is 2.74. The first-order chi connectivity index (χ1) is 10.5. The van der Waals surface area contributed by atoms with Crippen LogP contribution in [0.25, 0.3) is 0 Å². The summed E-state index contributed by atoms with van der Waals surface area (Å²) in [5, 5.41) is 13.0. The highest BCUT2D eigenvalue weighted by Crippen LogP contribution is 2.65. The molecule has 1 amide bonds. The molecular formula is C17H28N2O4.